The number of nitrogens with one attached hydrogen (secondary N) is 2. The van der Waals surface area contributed by atoms with E-state index in [1.165, 1.54) is 0 Å². The van der Waals surface area contributed by atoms with Gasteiger partial charge >= 0.3 is 0 Å². The molecule has 0 fully saturated rings. The van der Waals surface area contributed by atoms with Crippen molar-refractivity contribution in [1.29, 1.82) is 0 Å². The van der Waals surface area contributed by atoms with Gasteiger partial charge < -0.3 is 10.6 Å². The highest BCUT2D eigenvalue weighted by Gasteiger charge is 2.17. The van der Waals surface area contributed by atoms with Crippen LogP contribution in [0.1, 0.15) is 20.7 Å². The van der Waals surface area contributed by atoms with E-state index in [0.717, 1.165) is 41.9 Å². The standard InChI is InChI=1S/C38H24Br2N4O2/c39-25-16-12-23(13-17-25)35-21-31(29-8-1-3-10-33(29)43-35)37(45)41-27-6-5-7-28(20-27)42-38(46)32-22-36(24-14-18-26(40)19-15-24)44-34-11-4-2-9-30(32)34/h1-22H,(H,41,45)(H,42,46). The Morgan fingerprint density at radius 2 is 0.891 bits per heavy atom. The molecule has 2 amide bonds. The highest BCUT2D eigenvalue weighted by molar-refractivity contribution is 9.10. The van der Waals surface area contributed by atoms with Gasteiger partial charge in [0.15, 0.2) is 0 Å². The van der Waals surface area contributed by atoms with Crippen LogP contribution in [-0.2, 0) is 0 Å². The molecule has 0 saturated heterocycles. The van der Waals surface area contributed by atoms with Gasteiger partial charge in [0.1, 0.15) is 0 Å². The number of carbonyl (C=O) groups excluding carboxylic acids is 2. The summed E-state index contributed by atoms with van der Waals surface area (Å²) in [5.41, 5.74) is 6.74. The SMILES string of the molecule is O=C(Nc1cccc(NC(=O)c2cc(-c3ccc(Br)cc3)nc3ccccc23)c1)c1cc(-c2ccc(Br)cc2)nc2ccccc12. The number of nitrogens with zero attached hydrogens (tertiary/aromatic N) is 2. The minimum absolute atomic E-state index is 0.278. The molecule has 0 aliphatic heterocycles. The summed E-state index contributed by atoms with van der Waals surface area (Å²) in [6.07, 6.45) is 0. The first-order valence-corrected chi connectivity index (χ1v) is 16.0. The van der Waals surface area contributed by atoms with Gasteiger partial charge in [0.25, 0.3) is 11.8 Å². The first-order chi connectivity index (χ1) is 22.4. The van der Waals surface area contributed by atoms with Gasteiger partial charge in [-0.15, -0.1) is 0 Å². The largest absolute Gasteiger partial charge is 0.322 e. The van der Waals surface area contributed by atoms with Gasteiger partial charge in [-0.25, -0.2) is 9.97 Å². The van der Waals surface area contributed by atoms with Crippen molar-refractivity contribution < 1.29 is 9.59 Å². The molecule has 222 valence electrons. The number of amides is 2. The monoisotopic (exact) mass is 726 g/mol. The van der Waals surface area contributed by atoms with E-state index in [0.29, 0.717) is 33.9 Å². The summed E-state index contributed by atoms with van der Waals surface area (Å²) < 4.78 is 1.92. The molecule has 0 unspecified atom stereocenters. The third-order valence-corrected chi connectivity index (χ3v) is 8.64. The van der Waals surface area contributed by atoms with Crippen LogP contribution in [0.25, 0.3) is 44.3 Å². The van der Waals surface area contributed by atoms with Crippen molar-refractivity contribution in [3.63, 3.8) is 0 Å². The van der Waals surface area contributed by atoms with E-state index < -0.39 is 0 Å². The molecule has 0 aliphatic carbocycles. The number of rotatable bonds is 6. The number of hydrogen-bond donors (Lipinski definition) is 2. The van der Waals surface area contributed by atoms with Gasteiger partial charge in [-0.3, -0.25) is 9.59 Å². The first-order valence-electron chi connectivity index (χ1n) is 14.5. The highest BCUT2D eigenvalue weighted by atomic mass is 79.9. The van der Waals surface area contributed by atoms with Gasteiger partial charge in [-0.1, -0.05) is 98.6 Å². The molecule has 0 aliphatic rings. The van der Waals surface area contributed by atoms with Crippen LogP contribution in [0.4, 0.5) is 11.4 Å². The molecule has 6 nitrogen and oxygen atoms in total. The Kier molecular flexibility index (Phi) is 8.13. The molecule has 5 aromatic carbocycles. The summed E-state index contributed by atoms with van der Waals surface area (Å²) in [6, 6.07) is 41.5. The quantitative estimate of drug-likeness (QED) is 0.179. The number of pyridine rings is 2. The minimum atomic E-state index is -0.278. The third kappa shape index (κ3) is 6.18. The molecule has 0 atom stereocenters. The maximum Gasteiger partial charge on any atom is 0.256 e. The molecule has 0 saturated carbocycles. The molecular weight excluding hydrogens is 704 g/mol. The van der Waals surface area contributed by atoms with E-state index in [1.54, 1.807) is 24.3 Å². The van der Waals surface area contributed by atoms with E-state index >= 15 is 0 Å². The zero-order valence-corrected chi connectivity index (χ0v) is 27.3. The minimum Gasteiger partial charge on any atom is -0.322 e. The zero-order chi connectivity index (χ0) is 31.6. The Balaban J connectivity index is 1.17. The second-order valence-electron chi connectivity index (χ2n) is 10.6. The number of halogens is 2. The number of fused-ring (bicyclic) bond motifs is 2. The van der Waals surface area contributed by atoms with Crippen molar-refractivity contribution in [3.8, 4) is 22.5 Å². The number of benzene rings is 5. The van der Waals surface area contributed by atoms with Gasteiger partial charge in [0, 0.05) is 42.2 Å². The van der Waals surface area contributed by atoms with E-state index in [2.05, 4.69) is 42.5 Å². The highest BCUT2D eigenvalue weighted by Crippen LogP contribution is 2.29. The van der Waals surface area contributed by atoms with Crippen LogP contribution in [0.15, 0.2) is 142 Å². The summed E-state index contributed by atoms with van der Waals surface area (Å²) >= 11 is 6.95. The van der Waals surface area contributed by atoms with E-state index in [9.17, 15) is 9.59 Å². The lowest BCUT2D eigenvalue weighted by Gasteiger charge is -2.13. The summed E-state index contributed by atoms with van der Waals surface area (Å²) in [5.74, 6) is -0.556. The fourth-order valence-electron chi connectivity index (χ4n) is 5.34. The molecule has 8 heteroatoms. The molecule has 7 aromatic rings. The molecule has 7 rings (SSSR count). The second-order valence-corrected chi connectivity index (χ2v) is 12.5. The van der Waals surface area contributed by atoms with E-state index in [4.69, 9.17) is 9.97 Å². The number of anilines is 2. The number of aromatic nitrogens is 2. The van der Waals surface area contributed by atoms with Crippen molar-refractivity contribution in [2.75, 3.05) is 10.6 Å². The maximum atomic E-state index is 13.7. The number of para-hydroxylation sites is 2. The Hall–Kier alpha value is -5.18. The molecule has 0 spiro atoms. The summed E-state index contributed by atoms with van der Waals surface area (Å²) in [6.45, 7) is 0. The Morgan fingerprint density at radius 1 is 0.478 bits per heavy atom. The Labute approximate surface area is 281 Å². The summed E-state index contributed by atoms with van der Waals surface area (Å²) in [5, 5.41) is 7.53. The van der Waals surface area contributed by atoms with Crippen LogP contribution in [0.3, 0.4) is 0 Å². The normalized spacial score (nSPS) is 11.0. The smallest absolute Gasteiger partial charge is 0.256 e. The molecule has 0 bridgehead atoms. The van der Waals surface area contributed by atoms with E-state index in [-0.39, 0.29) is 11.8 Å². The third-order valence-electron chi connectivity index (χ3n) is 7.58. The zero-order valence-electron chi connectivity index (χ0n) is 24.2. The van der Waals surface area contributed by atoms with Gasteiger partial charge in [0.2, 0.25) is 0 Å². The van der Waals surface area contributed by atoms with Crippen LogP contribution in [-0.4, -0.2) is 21.8 Å². The van der Waals surface area contributed by atoms with Crippen LogP contribution in [0, 0.1) is 0 Å². The van der Waals surface area contributed by atoms with Crippen LogP contribution < -0.4 is 10.6 Å². The molecule has 2 heterocycles. The fraction of sp³-hybridized carbons (Fsp3) is 0. The van der Waals surface area contributed by atoms with Crippen molar-refractivity contribution in [2.24, 2.45) is 0 Å². The first kappa shape index (κ1) is 29.5. The maximum absolute atomic E-state index is 13.7. The lowest BCUT2D eigenvalue weighted by molar-refractivity contribution is 0.102. The van der Waals surface area contributed by atoms with Crippen molar-refractivity contribution in [2.45, 2.75) is 0 Å². The average Bonchev–Trinajstić information content (AvgIpc) is 3.08. The fourth-order valence-corrected chi connectivity index (χ4v) is 5.86. The van der Waals surface area contributed by atoms with Gasteiger partial charge in [-0.05, 0) is 66.7 Å². The second kappa shape index (κ2) is 12.7. The predicted molar refractivity (Wildman–Crippen MR) is 192 cm³/mol. The molecule has 0 radical (unpaired) electrons. The summed E-state index contributed by atoms with van der Waals surface area (Å²) in [4.78, 5) is 37.0. The van der Waals surface area contributed by atoms with Crippen LogP contribution in [0.5, 0.6) is 0 Å². The van der Waals surface area contributed by atoms with E-state index in [1.807, 2.05) is 109 Å². The molecule has 2 N–H and O–H groups in total. The van der Waals surface area contributed by atoms with Gasteiger partial charge in [0.05, 0.1) is 33.5 Å². The molecule has 2 aromatic heterocycles. The number of hydrogen-bond acceptors (Lipinski definition) is 4. The lowest BCUT2D eigenvalue weighted by Crippen LogP contribution is -2.15. The Morgan fingerprint density at radius 3 is 1.33 bits per heavy atom. The van der Waals surface area contributed by atoms with Crippen LogP contribution >= 0.6 is 31.9 Å². The number of carbonyl (C=O) groups is 2. The predicted octanol–water partition coefficient (Wildman–Crippen LogP) is 10.1. The van der Waals surface area contributed by atoms with Crippen LogP contribution in [0.2, 0.25) is 0 Å². The average molecular weight is 728 g/mol. The molecule has 46 heavy (non-hydrogen) atoms. The van der Waals surface area contributed by atoms with Crippen molar-refractivity contribution >= 4 is 76.9 Å². The lowest BCUT2D eigenvalue weighted by atomic mass is 10.0. The molecular formula is C38H24Br2N4O2. The van der Waals surface area contributed by atoms with Crippen molar-refractivity contribution in [1.82, 2.24) is 9.97 Å². The van der Waals surface area contributed by atoms with Crippen molar-refractivity contribution in [3.05, 3.63) is 154 Å². The Bertz CT molecular complexity index is 2110. The summed E-state index contributed by atoms with van der Waals surface area (Å²) in [7, 11) is 0. The topological polar surface area (TPSA) is 84.0 Å². The van der Waals surface area contributed by atoms with Gasteiger partial charge in [-0.2, -0.15) is 0 Å².